The quantitative estimate of drug-likeness (QED) is 0.814. The smallest absolute Gasteiger partial charge is 0.272 e. The lowest BCUT2D eigenvalue weighted by atomic mass is 10.0. The van der Waals surface area contributed by atoms with E-state index in [1.165, 1.54) is 12.8 Å². The van der Waals surface area contributed by atoms with Gasteiger partial charge in [-0.2, -0.15) is 0 Å². The Morgan fingerprint density at radius 1 is 1.00 bits per heavy atom. The molecule has 1 aromatic heterocycles. The van der Waals surface area contributed by atoms with Crippen LogP contribution in [0.4, 0.5) is 5.95 Å². The summed E-state index contributed by atoms with van der Waals surface area (Å²) < 4.78 is 11.5. The Balaban J connectivity index is 1.42. The van der Waals surface area contributed by atoms with E-state index >= 15 is 0 Å². The Morgan fingerprint density at radius 3 is 2.36 bits per heavy atom. The first-order chi connectivity index (χ1) is 12.3. The fraction of sp³-hybridized carbons (Fsp3) is 0.722. The lowest BCUT2D eigenvalue weighted by Crippen LogP contribution is -2.47. The van der Waals surface area contributed by atoms with Gasteiger partial charge in [-0.3, -0.25) is 4.79 Å². The van der Waals surface area contributed by atoms with Gasteiger partial charge in [0.1, 0.15) is 5.69 Å². The Kier molecular flexibility index (Phi) is 4.85. The van der Waals surface area contributed by atoms with Gasteiger partial charge in [-0.1, -0.05) is 12.8 Å². The van der Waals surface area contributed by atoms with Crippen LogP contribution in [0.3, 0.4) is 0 Å². The van der Waals surface area contributed by atoms with E-state index in [1.807, 2.05) is 4.90 Å². The molecule has 0 radical (unpaired) electrons. The zero-order valence-electron chi connectivity index (χ0n) is 14.7. The van der Waals surface area contributed by atoms with E-state index in [1.54, 1.807) is 12.3 Å². The number of nitrogens with zero attached hydrogens (tertiary/aromatic N) is 4. The van der Waals surface area contributed by atoms with Gasteiger partial charge < -0.3 is 19.3 Å². The van der Waals surface area contributed by atoms with Crippen LogP contribution in [-0.2, 0) is 9.47 Å². The SMILES string of the molecule is O=C(c1ccnc(N2CCCCCC2)n1)N1CCC2(CC1)OCCO2. The van der Waals surface area contributed by atoms with Crippen LogP contribution in [0.1, 0.15) is 49.0 Å². The van der Waals surface area contributed by atoms with E-state index in [0.717, 1.165) is 38.8 Å². The highest BCUT2D eigenvalue weighted by molar-refractivity contribution is 5.92. The summed E-state index contributed by atoms with van der Waals surface area (Å²) in [6.45, 7) is 4.53. The molecule has 3 fully saturated rings. The molecule has 4 rings (SSSR count). The number of rotatable bonds is 2. The number of aromatic nitrogens is 2. The molecular weight excluding hydrogens is 320 g/mol. The van der Waals surface area contributed by atoms with Crippen molar-refractivity contribution in [3.8, 4) is 0 Å². The van der Waals surface area contributed by atoms with E-state index in [2.05, 4.69) is 14.9 Å². The van der Waals surface area contributed by atoms with Gasteiger partial charge in [-0.05, 0) is 18.9 Å². The summed E-state index contributed by atoms with van der Waals surface area (Å²) in [5, 5.41) is 0. The predicted octanol–water partition coefficient (Wildman–Crippen LogP) is 1.84. The summed E-state index contributed by atoms with van der Waals surface area (Å²) in [5.41, 5.74) is 0.485. The van der Waals surface area contributed by atoms with E-state index < -0.39 is 5.79 Å². The van der Waals surface area contributed by atoms with Crippen LogP contribution in [0.15, 0.2) is 12.3 Å². The number of hydrogen-bond donors (Lipinski definition) is 0. The van der Waals surface area contributed by atoms with Crippen molar-refractivity contribution >= 4 is 11.9 Å². The molecule has 3 aliphatic heterocycles. The standard InChI is InChI=1S/C18H26N4O3/c23-16(21-11-6-18(7-12-21)24-13-14-25-18)15-5-8-19-17(20-15)22-9-3-1-2-4-10-22/h5,8H,1-4,6-7,9-14H2. The van der Waals surface area contributed by atoms with Crippen LogP contribution < -0.4 is 4.90 Å². The molecule has 7 heteroatoms. The second-order valence-electron chi connectivity index (χ2n) is 7.04. The van der Waals surface area contributed by atoms with Crippen molar-refractivity contribution in [2.75, 3.05) is 44.3 Å². The second kappa shape index (κ2) is 7.25. The third-order valence-corrected chi connectivity index (χ3v) is 5.38. The first kappa shape index (κ1) is 16.7. The van der Waals surface area contributed by atoms with Gasteiger partial charge in [0.2, 0.25) is 5.95 Å². The number of piperidine rings is 1. The van der Waals surface area contributed by atoms with Gasteiger partial charge in [0.25, 0.3) is 5.91 Å². The van der Waals surface area contributed by atoms with Gasteiger partial charge in [0.15, 0.2) is 5.79 Å². The number of anilines is 1. The summed E-state index contributed by atoms with van der Waals surface area (Å²) in [5.74, 6) is 0.203. The van der Waals surface area contributed by atoms with Gasteiger partial charge in [0.05, 0.1) is 13.2 Å². The highest BCUT2D eigenvalue weighted by Gasteiger charge is 2.41. The fourth-order valence-corrected chi connectivity index (χ4v) is 3.89. The Labute approximate surface area is 148 Å². The maximum Gasteiger partial charge on any atom is 0.272 e. The summed E-state index contributed by atoms with van der Waals surface area (Å²) >= 11 is 0. The van der Waals surface area contributed by atoms with Crippen molar-refractivity contribution in [3.05, 3.63) is 18.0 Å². The molecular formula is C18H26N4O3. The number of ether oxygens (including phenoxy) is 2. The number of likely N-dealkylation sites (tertiary alicyclic amines) is 1. The minimum absolute atomic E-state index is 0.0219. The average Bonchev–Trinajstić information content (AvgIpc) is 2.94. The highest BCUT2D eigenvalue weighted by Crippen LogP contribution is 2.31. The molecule has 136 valence electrons. The van der Waals surface area contributed by atoms with Crippen LogP contribution in [0, 0.1) is 0 Å². The second-order valence-corrected chi connectivity index (χ2v) is 7.04. The molecule has 0 aromatic carbocycles. The van der Waals surface area contributed by atoms with Crippen LogP contribution >= 0.6 is 0 Å². The number of carbonyl (C=O) groups is 1. The van der Waals surface area contributed by atoms with Crippen LogP contribution in [0.5, 0.6) is 0 Å². The predicted molar refractivity (Wildman–Crippen MR) is 92.5 cm³/mol. The summed E-state index contributed by atoms with van der Waals surface area (Å²) in [6, 6.07) is 1.72. The zero-order valence-corrected chi connectivity index (χ0v) is 14.7. The molecule has 1 aromatic rings. The number of amides is 1. The van der Waals surface area contributed by atoms with Gasteiger partial charge in [0, 0.05) is 45.2 Å². The van der Waals surface area contributed by atoms with E-state index in [4.69, 9.17) is 9.47 Å². The molecule has 0 aliphatic carbocycles. The maximum atomic E-state index is 12.8. The molecule has 4 heterocycles. The van der Waals surface area contributed by atoms with Crippen LogP contribution in [-0.4, -0.2) is 66.0 Å². The summed E-state index contributed by atoms with van der Waals surface area (Å²) in [6.07, 6.45) is 8.00. The largest absolute Gasteiger partial charge is 0.347 e. The fourth-order valence-electron chi connectivity index (χ4n) is 3.89. The normalized spacial score (nSPS) is 23.7. The van der Waals surface area contributed by atoms with Crippen LogP contribution in [0.25, 0.3) is 0 Å². The molecule has 0 unspecified atom stereocenters. The van der Waals surface area contributed by atoms with E-state index in [-0.39, 0.29) is 5.91 Å². The molecule has 0 bridgehead atoms. The maximum absolute atomic E-state index is 12.8. The molecule has 25 heavy (non-hydrogen) atoms. The molecule has 0 N–H and O–H groups in total. The van der Waals surface area contributed by atoms with Crippen molar-refractivity contribution in [2.24, 2.45) is 0 Å². The summed E-state index contributed by atoms with van der Waals surface area (Å²) in [7, 11) is 0. The lowest BCUT2D eigenvalue weighted by Gasteiger charge is -2.37. The minimum atomic E-state index is -0.459. The Hall–Kier alpha value is -1.73. The van der Waals surface area contributed by atoms with Crippen LogP contribution in [0.2, 0.25) is 0 Å². The topological polar surface area (TPSA) is 67.8 Å². The van der Waals surface area contributed by atoms with Crippen molar-refractivity contribution in [2.45, 2.75) is 44.3 Å². The molecule has 0 atom stereocenters. The summed E-state index contributed by atoms with van der Waals surface area (Å²) in [4.78, 5) is 25.9. The Bertz CT molecular complexity index is 600. The van der Waals surface area contributed by atoms with E-state index in [9.17, 15) is 4.79 Å². The average molecular weight is 346 g/mol. The van der Waals surface area contributed by atoms with Crippen molar-refractivity contribution in [3.63, 3.8) is 0 Å². The van der Waals surface area contributed by atoms with Gasteiger partial charge in [-0.15, -0.1) is 0 Å². The van der Waals surface area contributed by atoms with Crippen molar-refractivity contribution in [1.29, 1.82) is 0 Å². The number of carbonyl (C=O) groups excluding carboxylic acids is 1. The zero-order chi connectivity index (χ0) is 17.1. The lowest BCUT2D eigenvalue weighted by molar-refractivity contribution is -0.181. The highest BCUT2D eigenvalue weighted by atomic mass is 16.7. The first-order valence-corrected chi connectivity index (χ1v) is 9.41. The van der Waals surface area contributed by atoms with Crippen molar-refractivity contribution in [1.82, 2.24) is 14.9 Å². The van der Waals surface area contributed by atoms with Gasteiger partial charge in [-0.25, -0.2) is 9.97 Å². The number of hydrogen-bond acceptors (Lipinski definition) is 6. The van der Waals surface area contributed by atoms with Crippen molar-refractivity contribution < 1.29 is 14.3 Å². The minimum Gasteiger partial charge on any atom is -0.347 e. The van der Waals surface area contributed by atoms with E-state index in [0.29, 0.717) is 37.9 Å². The van der Waals surface area contributed by atoms with Gasteiger partial charge >= 0.3 is 0 Å². The molecule has 3 saturated heterocycles. The Morgan fingerprint density at radius 2 is 1.68 bits per heavy atom. The molecule has 1 amide bonds. The molecule has 7 nitrogen and oxygen atoms in total. The molecule has 3 aliphatic rings. The molecule has 1 spiro atoms. The first-order valence-electron chi connectivity index (χ1n) is 9.41. The monoisotopic (exact) mass is 346 g/mol. The third kappa shape index (κ3) is 3.62. The molecule has 0 saturated carbocycles. The third-order valence-electron chi connectivity index (χ3n) is 5.38.